The molecule has 0 aromatic carbocycles. The Morgan fingerprint density at radius 3 is 2.82 bits per heavy atom. The normalized spacial score (nSPS) is 13.0. The average molecular weight is 173 g/mol. The molecule has 0 aliphatic carbocycles. The second-order valence-corrected chi connectivity index (χ2v) is 2.72. The average Bonchev–Trinajstić information content (AvgIpc) is 1.85. The quantitative estimate of drug-likeness (QED) is 0.673. The number of nitrogens with zero attached hydrogens (tertiary/aromatic N) is 1. The smallest absolute Gasteiger partial charge is 0.0946 e. The van der Waals surface area contributed by atoms with Gasteiger partial charge in [-0.1, -0.05) is 11.6 Å². The Bertz CT molecular complexity index is 263. The summed E-state index contributed by atoms with van der Waals surface area (Å²) in [5.74, 6) is 0. The van der Waals surface area contributed by atoms with Gasteiger partial charge in [0.05, 0.1) is 28.7 Å². The molecule has 3 nitrogen and oxygen atoms in total. The van der Waals surface area contributed by atoms with Crippen LogP contribution in [-0.4, -0.2) is 10.1 Å². The molecule has 1 heterocycles. The lowest BCUT2D eigenvalue weighted by atomic mass is 10.2. The number of anilines is 1. The van der Waals surface area contributed by atoms with E-state index in [9.17, 15) is 0 Å². The molecule has 1 aromatic rings. The van der Waals surface area contributed by atoms with E-state index >= 15 is 0 Å². The van der Waals surface area contributed by atoms with Crippen molar-refractivity contribution in [1.29, 1.82) is 0 Å². The van der Waals surface area contributed by atoms with Gasteiger partial charge >= 0.3 is 0 Å². The van der Waals surface area contributed by atoms with Crippen molar-refractivity contribution in [2.45, 2.75) is 13.0 Å². The third-order valence-electron chi connectivity index (χ3n) is 1.29. The number of nitrogen functional groups attached to an aromatic ring is 1. The molecule has 0 saturated heterocycles. The molecule has 0 aliphatic rings. The van der Waals surface area contributed by atoms with Gasteiger partial charge in [-0.15, -0.1) is 0 Å². The summed E-state index contributed by atoms with van der Waals surface area (Å²) in [6.07, 6.45) is 0.816. The van der Waals surface area contributed by atoms with Gasteiger partial charge in [-0.05, 0) is 13.0 Å². The summed E-state index contributed by atoms with van der Waals surface area (Å²) >= 11 is 5.72. The van der Waals surface area contributed by atoms with Crippen molar-refractivity contribution in [3.63, 3.8) is 0 Å². The Kier molecular flexibility index (Phi) is 2.31. The molecule has 0 amide bonds. The molecule has 11 heavy (non-hydrogen) atoms. The predicted molar refractivity (Wildman–Crippen MR) is 44.3 cm³/mol. The number of rotatable bonds is 1. The van der Waals surface area contributed by atoms with Crippen molar-refractivity contribution in [3.8, 4) is 0 Å². The van der Waals surface area contributed by atoms with Gasteiger partial charge in [0.1, 0.15) is 0 Å². The molecule has 4 heteroatoms. The summed E-state index contributed by atoms with van der Waals surface area (Å²) in [7, 11) is 0. The number of hydrogen-bond acceptors (Lipinski definition) is 3. The Labute approximate surface area is 69.8 Å². The van der Waals surface area contributed by atoms with Crippen molar-refractivity contribution in [3.05, 3.63) is 23.0 Å². The standard InChI is InChI=1S/C7H9ClN2O/c1-4(11)7-6(8)2-5(9)3-10-7/h2-4,11H,9H2,1H3/t4-/m1/s1. The molecule has 3 N–H and O–H groups in total. The summed E-state index contributed by atoms with van der Waals surface area (Å²) in [6.45, 7) is 1.60. The predicted octanol–water partition coefficient (Wildman–Crippen LogP) is 1.37. The largest absolute Gasteiger partial charge is 0.397 e. The fraction of sp³-hybridized carbons (Fsp3) is 0.286. The first-order valence-electron chi connectivity index (χ1n) is 3.20. The van der Waals surface area contributed by atoms with Gasteiger partial charge in [-0.25, -0.2) is 0 Å². The van der Waals surface area contributed by atoms with E-state index in [-0.39, 0.29) is 0 Å². The zero-order valence-electron chi connectivity index (χ0n) is 6.08. The third kappa shape index (κ3) is 1.82. The lowest BCUT2D eigenvalue weighted by molar-refractivity contribution is 0.194. The van der Waals surface area contributed by atoms with Crippen LogP contribution in [0.15, 0.2) is 12.3 Å². The molecule has 0 unspecified atom stereocenters. The molecule has 0 fully saturated rings. The highest BCUT2D eigenvalue weighted by Crippen LogP contribution is 2.21. The second-order valence-electron chi connectivity index (χ2n) is 2.31. The monoisotopic (exact) mass is 172 g/mol. The highest BCUT2D eigenvalue weighted by molar-refractivity contribution is 6.31. The highest BCUT2D eigenvalue weighted by atomic mass is 35.5. The van der Waals surface area contributed by atoms with Crippen LogP contribution in [0, 0.1) is 0 Å². The van der Waals surface area contributed by atoms with Crippen LogP contribution in [0.2, 0.25) is 5.02 Å². The number of aromatic nitrogens is 1. The molecule has 60 valence electrons. The summed E-state index contributed by atoms with van der Waals surface area (Å²) < 4.78 is 0. The lowest BCUT2D eigenvalue weighted by Crippen LogP contribution is -1.97. The van der Waals surface area contributed by atoms with E-state index in [1.165, 1.54) is 6.20 Å². The number of nitrogens with two attached hydrogens (primary N) is 1. The summed E-state index contributed by atoms with van der Waals surface area (Å²) in [4.78, 5) is 3.87. The van der Waals surface area contributed by atoms with Crippen LogP contribution in [0.1, 0.15) is 18.7 Å². The molecule has 0 aliphatic heterocycles. The minimum absolute atomic E-state index is 0.403. The molecule has 0 bridgehead atoms. The first-order valence-corrected chi connectivity index (χ1v) is 3.58. The Morgan fingerprint density at radius 1 is 1.73 bits per heavy atom. The minimum atomic E-state index is -0.650. The van der Waals surface area contributed by atoms with Crippen LogP contribution < -0.4 is 5.73 Å². The minimum Gasteiger partial charge on any atom is -0.397 e. The van der Waals surface area contributed by atoms with Crippen LogP contribution in [0.5, 0.6) is 0 Å². The summed E-state index contributed by atoms with van der Waals surface area (Å²) in [6, 6.07) is 1.57. The maximum absolute atomic E-state index is 9.11. The van der Waals surface area contributed by atoms with Gasteiger partial charge in [0.25, 0.3) is 0 Å². The van der Waals surface area contributed by atoms with Crippen LogP contribution in [0.25, 0.3) is 0 Å². The lowest BCUT2D eigenvalue weighted by Gasteiger charge is -2.05. The molecule has 0 spiro atoms. The maximum Gasteiger partial charge on any atom is 0.0946 e. The molecule has 0 saturated carbocycles. The summed E-state index contributed by atoms with van der Waals surface area (Å²) in [5, 5.41) is 9.51. The topological polar surface area (TPSA) is 59.1 Å². The van der Waals surface area contributed by atoms with E-state index in [1.54, 1.807) is 13.0 Å². The van der Waals surface area contributed by atoms with Crippen LogP contribution in [-0.2, 0) is 0 Å². The van der Waals surface area contributed by atoms with Gasteiger partial charge in [-0.3, -0.25) is 4.98 Å². The van der Waals surface area contributed by atoms with Crippen LogP contribution in [0.3, 0.4) is 0 Å². The van der Waals surface area contributed by atoms with E-state index in [2.05, 4.69) is 4.98 Å². The van der Waals surface area contributed by atoms with Gasteiger partial charge < -0.3 is 10.8 Å². The van der Waals surface area contributed by atoms with Gasteiger partial charge in [-0.2, -0.15) is 0 Å². The number of aliphatic hydroxyl groups is 1. The molecular weight excluding hydrogens is 164 g/mol. The van der Waals surface area contributed by atoms with Crippen molar-refractivity contribution in [1.82, 2.24) is 4.98 Å². The van der Waals surface area contributed by atoms with E-state index in [0.29, 0.717) is 16.4 Å². The Balaban J connectivity index is 3.09. The van der Waals surface area contributed by atoms with Crippen molar-refractivity contribution < 1.29 is 5.11 Å². The first kappa shape index (κ1) is 8.30. The van der Waals surface area contributed by atoms with Crippen LogP contribution >= 0.6 is 11.6 Å². The van der Waals surface area contributed by atoms with Gasteiger partial charge in [0.2, 0.25) is 0 Å². The third-order valence-corrected chi connectivity index (χ3v) is 1.59. The van der Waals surface area contributed by atoms with E-state index in [1.807, 2.05) is 0 Å². The fourth-order valence-electron chi connectivity index (χ4n) is 0.771. The van der Waals surface area contributed by atoms with E-state index in [0.717, 1.165) is 0 Å². The number of aliphatic hydroxyl groups excluding tert-OH is 1. The fourth-order valence-corrected chi connectivity index (χ4v) is 1.10. The molecule has 1 rings (SSSR count). The SMILES string of the molecule is C[C@@H](O)c1ncc(N)cc1Cl. The van der Waals surface area contributed by atoms with Crippen molar-refractivity contribution >= 4 is 17.3 Å². The van der Waals surface area contributed by atoms with Crippen molar-refractivity contribution in [2.75, 3.05) is 5.73 Å². The number of hydrogen-bond donors (Lipinski definition) is 2. The molecular formula is C7H9ClN2O. The number of pyridine rings is 1. The zero-order valence-corrected chi connectivity index (χ0v) is 6.84. The van der Waals surface area contributed by atoms with Crippen molar-refractivity contribution in [2.24, 2.45) is 0 Å². The van der Waals surface area contributed by atoms with E-state index < -0.39 is 6.10 Å². The van der Waals surface area contributed by atoms with Gasteiger partial charge in [0, 0.05) is 0 Å². The molecule has 0 radical (unpaired) electrons. The van der Waals surface area contributed by atoms with Crippen LogP contribution in [0.4, 0.5) is 5.69 Å². The first-order chi connectivity index (χ1) is 5.11. The highest BCUT2D eigenvalue weighted by Gasteiger charge is 2.07. The molecule has 1 aromatic heterocycles. The van der Waals surface area contributed by atoms with Gasteiger partial charge in [0.15, 0.2) is 0 Å². The van der Waals surface area contributed by atoms with E-state index in [4.69, 9.17) is 22.4 Å². The number of halogens is 1. The molecule has 1 atom stereocenters. The maximum atomic E-state index is 9.11. The Hall–Kier alpha value is -0.800. The Morgan fingerprint density at radius 2 is 2.36 bits per heavy atom. The summed E-state index contributed by atoms with van der Waals surface area (Å²) in [5.41, 5.74) is 6.36. The zero-order chi connectivity index (χ0) is 8.43. The second kappa shape index (κ2) is 3.07.